The maximum absolute atomic E-state index is 12.7. The second-order valence-electron chi connectivity index (χ2n) is 8.38. The van der Waals surface area contributed by atoms with Crippen molar-refractivity contribution in [1.29, 1.82) is 0 Å². The number of nitrogens with two attached hydrogens (primary N) is 2. The van der Waals surface area contributed by atoms with Crippen molar-refractivity contribution in [2.24, 2.45) is 16.5 Å². The van der Waals surface area contributed by atoms with Gasteiger partial charge in [0.2, 0.25) is 21.8 Å². The molecule has 2 atom stereocenters. The average molecular weight is 581 g/mol. The minimum Gasteiger partial charge on any atom is -0.475 e. The Morgan fingerprint density at radius 2 is 1.85 bits per heavy atom. The summed E-state index contributed by atoms with van der Waals surface area (Å²) in [5.41, 5.74) is 11.1. The van der Waals surface area contributed by atoms with Crippen molar-refractivity contribution in [3.05, 3.63) is 35.9 Å². The monoisotopic (exact) mass is 580 g/mol. The van der Waals surface area contributed by atoms with Crippen molar-refractivity contribution < 1.29 is 45.9 Å². The van der Waals surface area contributed by atoms with E-state index >= 15 is 0 Å². The van der Waals surface area contributed by atoms with E-state index in [9.17, 15) is 36.0 Å². The molecule has 39 heavy (non-hydrogen) atoms. The molecular weight excluding hydrogens is 549 g/mol. The highest BCUT2D eigenvalue weighted by Crippen LogP contribution is 2.15. The molecule has 0 spiro atoms. The number of aliphatic imine (C=N–C) groups is 1. The average Bonchev–Trinajstić information content (AvgIpc) is 2.83. The summed E-state index contributed by atoms with van der Waals surface area (Å²) in [4.78, 5) is 50.3. The number of carboxylic acids is 1. The van der Waals surface area contributed by atoms with Crippen molar-refractivity contribution in [3.63, 3.8) is 0 Å². The molecule has 1 fully saturated rings. The fraction of sp³-hybridized carbons (Fsp3) is 0.500. The fourth-order valence-corrected chi connectivity index (χ4v) is 4.74. The second-order valence-corrected chi connectivity index (χ2v) is 10.1. The number of halogens is 3. The Morgan fingerprint density at radius 3 is 2.38 bits per heavy atom. The summed E-state index contributed by atoms with van der Waals surface area (Å²) in [5, 5.41) is 9.69. The first-order chi connectivity index (χ1) is 18.1. The van der Waals surface area contributed by atoms with Gasteiger partial charge in [0.1, 0.15) is 12.3 Å². The Labute approximate surface area is 222 Å². The number of nitrogens with one attached hydrogen (secondary N) is 2. The van der Waals surface area contributed by atoms with Gasteiger partial charge in [-0.25, -0.2) is 17.9 Å². The van der Waals surface area contributed by atoms with Gasteiger partial charge in [-0.1, -0.05) is 30.3 Å². The van der Waals surface area contributed by atoms with Crippen molar-refractivity contribution in [3.8, 4) is 0 Å². The number of carbonyl (C=O) groups is 4. The summed E-state index contributed by atoms with van der Waals surface area (Å²) in [7, 11) is -3.73. The number of carboxylic acid groups (broad SMARTS) is 1. The predicted octanol–water partition coefficient (Wildman–Crippen LogP) is -0.532. The molecule has 218 valence electrons. The van der Waals surface area contributed by atoms with Gasteiger partial charge in [-0.15, -0.1) is 0 Å². The van der Waals surface area contributed by atoms with Crippen LogP contribution in [0.15, 0.2) is 35.3 Å². The second kappa shape index (κ2) is 15.6. The number of rotatable bonds is 12. The van der Waals surface area contributed by atoms with Gasteiger partial charge in [-0.05, 0) is 31.2 Å². The van der Waals surface area contributed by atoms with E-state index in [4.69, 9.17) is 21.4 Å². The fourth-order valence-electron chi connectivity index (χ4n) is 3.38. The van der Waals surface area contributed by atoms with Crippen LogP contribution in [0.4, 0.5) is 13.2 Å². The predicted molar refractivity (Wildman–Crippen MR) is 133 cm³/mol. The smallest absolute Gasteiger partial charge is 0.475 e. The number of hydrogen-bond acceptors (Lipinski definition) is 7. The molecule has 1 aliphatic rings. The topological polar surface area (TPSA) is 214 Å². The van der Waals surface area contributed by atoms with E-state index in [2.05, 4.69) is 15.0 Å². The third-order valence-electron chi connectivity index (χ3n) is 5.11. The van der Waals surface area contributed by atoms with Crippen LogP contribution in [0.1, 0.15) is 31.2 Å². The standard InChI is InChI=1S/C20H30N6O5S.C2HF3O2/c21-20(22)23-10-4-8-16(13-27)24-18(28)12-26-11-5-9-17(19(26)29)25-32(30,31)14-15-6-2-1-3-7-15;3-2(4,5)1(6)7/h1-3,6-7,13,16-17,25H,4-5,8-12,14H2,(H,24,28)(H4,21,22,23);(H,6,7)/t16-,17-;/m0./s1. The molecule has 0 unspecified atom stereocenters. The number of aldehydes is 1. The zero-order valence-electron chi connectivity index (χ0n) is 20.8. The summed E-state index contributed by atoms with van der Waals surface area (Å²) in [6.45, 7) is 0.408. The molecule has 1 heterocycles. The molecule has 1 aromatic rings. The minimum atomic E-state index is -5.08. The number of piperidine rings is 1. The lowest BCUT2D eigenvalue weighted by atomic mass is 10.1. The number of guanidine groups is 1. The quantitative estimate of drug-likeness (QED) is 0.0928. The maximum atomic E-state index is 12.7. The van der Waals surface area contributed by atoms with Gasteiger partial charge in [0, 0.05) is 13.1 Å². The molecule has 2 rings (SSSR count). The molecule has 1 saturated heterocycles. The molecule has 17 heteroatoms. The van der Waals surface area contributed by atoms with Crippen LogP contribution in [0.5, 0.6) is 0 Å². The highest BCUT2D eigenvalue weighted by atomic mass is 32.2. The first-order valence-electron chi connectivity index (χ1n) is 11.6. The first kappa shape index (κ1) is 33.3. The van der Waals surface area contributed by atoms with Crippen LogP contribution in [-0.4, -0.2) is 86.3 Å². The lowest BCUT2D eigenvalue weighted by molar-refractivity contribution is -0.192. The van der Waals surface area contributed by atoms with Gasteiger partial charge >= 0.3 is 12.1 Å². The lowest BCUT2D eigenvalue weighted by Crippen LogP contribution is -2.55. The van der Waals surface area contributed by atoms with Gasteiger partial charge in [0.05, 0.1) is 18.3 Å². The Bertz CT molecular complexity index is 1110. The highest BCUT2D eigenvalue weighted by Gasteiger charge is 2.38. The Hall–Kier alpha value is -3.73. The first-order valence-corrected chi connectivity index (χ1v) is 13.2. The van der Waals surface area contributed by atoms with Crippen LogP contribution in [0.2, 0.25) is 0 Å². The van der Waals surface area contributed by atoms with E-state index in [1.807, 2.05) is 0 Å². The minimum absolute atomic E-state index is 0.0470. The van der Waals surface area contributed by atoms with Crippen molar-refractivity contribution in [2.75, 3.05) is 19.6 Å². The number of aliphatic carboxylic acids is 1. The summed E-state index contributed by atoms with van der Waals surface area (Å²) in [6.07, 6.45) is -2.72. The van der Waals surface area contributed by atoms with E-state index in [0.29, 0.717) is 50.6 Å². The Kier molecular flexibility index (Phi) is 13.3. The molecule has 1 aromatic carbocycles. The number of carbonyl (C=O) groups excluding carboxylic acids is 3. The van der Waals surface area contributed by atoms with E-state index < -0.39 is 46.1 Å². The van der Waals surface area contributed by atoms with Gasteiger partial charge in [-0.3, -0.25) is 14.6 Å². The molecule has 0 aliphatic carbocycles. The molecule has 0 bridgehead atoms. The molecule has 0 saturated carbocycles. The molecule has 0 radical (unpaired) electrons. The van der Waals surface area contributed by atoms with Gasteiger partial charge in [0.15, 0.2) is 5.96 Å². The molecule has 13 nitrogen and oxygen atoms in total. The van der Waals surface area contributed by atoms with Crippen LogP contribution >= 0.6 is 0 Å². The van der Waals surface area contributed by atoms with Crippen LogP contribution in [0.3, 0.4) is 0 Å². The van der Waals surface area contributed by atoms with Crippen LogP contribution in [0.25, 0.3) is 0 Å². The zero-order chi connectivity index (χ0) is 29.6. The molecule has 7 N–H and O–H groups in total. The Morgan fingerprint density at radius 1 is 1.23 bits per heavy atom. The van der Waals surface area contributed by atoms with Crippen molar-refractivity contribution >= 4 is 40.1 Å². The van der Waals surface area contributed by atoms with Crippen LogP contribution in [-0.2, 0) is 35.0 Å². The Balaban J connectivity index is 0.000000956. The van der Waals surface area contributed by atoms with Gasteiger partial charge in [0.25, 0.3) is 0 Å². The number of alkyl halides is 3. The SMILES string of the molecule is NC(N)=NCCC[C@@H](C=O)NC(=O)CN1CCC[C@H](NS(=O)(=O)Cc2ccccc2)C1=O.O=C(O)C(F)(F)F. The largest absolute Gasteiger partial charge is 0.490 e. The summed E-state index contributed by atoms with van der Waals surface area (Å²) < 4.78 is 59.1. The van der Waals surface area contributed by atoms with E-state index in [1.165, 1.54) is 4.90 Å². The number of amides is 2. The number of nitrogens with zero attached hydrogens (tertiary/aromatic N) is 2. The van der Waals surface area contributed by atoms with E-state index in [0.717, 1.165) is 0 Å². The summed E-state index contributed by atoms with van der Waals surface area (Å²) >= 11 is 0. The lowest BCUT2D eigenvalue weighted by Gasteiger charge is -2.32. The van der Waals surface area contributed by atoms with Crippen LogP contribution in [0, 0.1) is 0 Å². The molecule has 1 aliphatic heterocycles. The van der Waals surface area contributed by atoms with Crippen molar-refractivity contribution in [1.82, 2.24) is 14.9 Å². The van der Waals surface area contributed by atoms with Gasteiger partial charge < -0.3 is 31.6 Å². The third-order valence-corrected chi connectivity index (χ3v) is 6.46. The number of benzene rings is 1. The van der Waals surface area contributed by atoms with Gasteiger partial charge in [-0.2, -0.15) is 13.2 Å². The summed E-state index contributed by atoms with van der Waals surface area (Å²) in [6, 6.07) is 7.01. The van der Waals surface area contributed by atoms with E-state index in [-0.39, 0.29) is 18.3 Å². The van der Waals surface area contributed by atoms with E-state index in [1.54, 1.807) is 30.3 Å². The molecular formula is C22H31F3N6O7S. The molecule has 2 amide bonds. The number of likely N-dealkylation sites (tertiary alicyclic amines) is 1. The van der Waals surface area contributed by atoms with Crippen LogP contribution < -0.4 is 21.5 Å². The molecule has 0 aromatic heterocycles. The number of hydrogen-bond donors (Lipinski definition) is 5. The third kappa shape index (κ3) is 13.6. The number of sulfonamides is 1. The normalized spacial score (nSPS) is 16.3. The maximum Gasteiger partial charge on any atom is 0.490 e. The summed E-state index contributed by atoms with van der Waals surface area (Å²) in [5.74, 6) is -4.00. The zero-order valence-corrected chi connectivity index (χ0v) is 21.6. The van der Waals surface area contributed by atoms with Crippen molar-refractivity contribution in [2.45, 2.75) is 49.7 Å². The highest BCUT2D eigenvalue weighted by molar-refractivity contribution is 7.88.